The summed E-state index contributed by atoms with van der Waals surface area (Å²) in [7, 11) is 1.33. The SMILES string of the molecule is COc1cc([N+](=O)[O-])cc([C@@H](N)c2ccsc2)c1O. The molecule has 1 aromatic heterocycles. The van der Waals surface area contributed by atoms with Crippen LogP contribution in [0.25, 0.3) is 0 Å². The van der Waals surface area contributed by atoms with Gasteiger partial charge >= 0.3 is 0 Å². The quantitative estimate of drug-likeness (QED) is 0.662. The van der Waals surface area contributed by atoms with Crippen molar-refractivity contribution in [2.45, 2.75) is 6.04 Å². The molecule has 0 fully saturated rings. The van der Waals surface area contributed by atoms with Crippen molar-refractivity contribution in [3.05, 3.63) is 50.2 Å². The van der Waals surface area contributed by atoms with E-state index in [1.165, 1.54) is 30.6 Å². The topological polar surface area (TPSA) is 98.6 Å². The second-order valence-electron chi connectivity index (χ2n) is 3.88. The van der Waals surface area contributed by atoms with Crippen molar-refractivity contribution in [1.29, 1.82) is 0 Å². The molecular weight excluding hydrogens is 268 g/mol. The Labute approximate surface area is 113 Å². The largest absolute Gasteiger partial charge is 0.504 e. The number of non-ortho nitro benzene ring substituents is 1. The fourth-order valence-electron chi connectivity index (χ4n) is 1.74. The van der Waals surface area contributed by atoms with Crippen molar-refractivity contribution in [1.82, 2.24) is 0 Å². The van der Waals surface area contributed by atoms with Crippen LogP contribution >= 0.6 is 11.3 Å². The van der Waals surface area contributed by atoms with Crippen LogP contribution in [0.4, 0.5) is 5.69 Å². The van der Waals surface area contributed by atoms with E-state index in [4.69, 9.17) is 10.5 Å². The number of ether oxygens (including phenoxy) is 1. The number of thiophene rings is 1. The fourth-order valence-corrected chi connectivity index (χ4v) is 2.44. The lowest BCUT2D eigenvalue weighted by Crippen LogP contribution is -2.12. The Morgan fingerprint density at radius 2 is 2.26 bits per heavy atom. The number of benzene rings is 1. The number of hydrogen-bond acceptors (Lipinski definition) is 6. The number of nitro benzene ring substituents is 1. The summed E-state index contributed by atoms with van der Waals surface area (Å²) in [6, 6.07) is 3.60. The van der Waals surface area contributed by atoms with Gasteiger partial charge in [0.15, 0.2) is 11.5 Å². The number of hydrogen-bond donors (Lipinski definition) is 2. The summed E-state index contributed by atoms with van der Waals surface area (Å²) >= 11 is 1.46. The molecule has 2 rings (SSSR count). The van der Waals surface area contributed by atoms with Crippen LogP contribution in [0.5, 0.6) is 11.5 Å². The van der Waals surface area contributed by atoms with Gasteiger partial charge in [-0.25, -0.2) is 0 Å². The lowest BCUT2D eigenvalue weighted by atomic mass is 10.00. The first-order valence-corrected chi connectivity index (χ1v) is 6.32. The molecule has 1 atom stereocenters. The van der Waals surface area contributed by atoms with Gasteiger partial charge < -0.3 is 15.6 Å². The van der Waals surface area contributed by atoms with Gasteiger partial charge in [0.1, 0.15) is 0 Å². The van der Waals surface area contributed by atoms with E-state index in [2.05, 4.69) is 0 Å². The van der Waals surface area contributed by atoms with Crippen molar-refractivity contribution in [3.8, 4) is 11.5 Å². The Kier molecular flexibility index (Phi) is 3.68. The minimum absolute atomic E-state index is 0.0369. The molecule has 0 radical (unpaired) electrons. The molecule has 2 aromatic rings. The van der Waals surface area contributed by atoms with E-state index < -0.39 is 11.0 Å². The molecule has 0 saturated heterocycles. The van der Waals surface area contributed by atoms with Crippen molar-refractivity contribution in [2.24, 2.45) is 5.73 Å². The van der Waals surface area contributed by atoms with Crippen molar-refractivity contribution < 1.29 is 14.8 Å². The third-order valence-corrected chi connectivity index (χ3v) is 3.46. The first-order valence-electron chi connectivity index (χ1n) is 5.37. The average molecular weight is 280 g/mol. The van der Waals surface area contributed by atoms with Gasteiger partial charge in [-0.15, -0.1) is 0 Å². The molecule has 1 heterocycles. The van der Waals surface area contributed by atoms with Crippen LogP contribution in [0.2, 0.25) is 0 Å². The molecule has 100 valence electrons. The van der Waals surface area contributed by atoms with E-state index in [9.17, 15) is 15.2 Å². The number of phenols is 1. The molecule has 19 heavy (non-hydrogen) atoms. The number of rotatable bonds is 4. The standard InChI is InChI=1S/C12H12N2O4S/c1-18-10-5-8(14(16)17)4-9(12(10)15)11(13)7-2-3-19-6-7/h2-6,11,15H,13H2,1H3/t11-/m0/s1. The molecule has 0 aliphatic carbocycles. The Hall–Kier alpha value is -2.12. The van der Waals surface area contributed by atoms with Crippen LogP contribution in [0.15, 0.2) is 29.0 Å². The molecule has 0 spiro atoms. The molecule has 0 saturated carbocycles. The number of nitro groups is 1. The van der Waals surface area contributed by atoms with Gasteiger partial charge in [0, 0.05) is 11.6 Å². The van der Waals surface area contributed by atoms with Gasteiger partial charge in [0.05, 0.1) is 24.1 Å². The predicted molar refractivity (Wildman–Crippen MR) is 71.7 cm³/mol. The van der Waals surface area contributed by atoms with Crippen LogP contribution in [0, 0.1) is 10.1 Å². The van der Waals surface area contributed by atoms with Crippen LogP contribution in [-0.2, 0) is 0 Å². The van der Waals surface area contributed by atoms with E-state index in [0.717, 1.165) is 5.56 Å². The fraction of sp³-hybridized carbons (Fsp3) is 0.167. The number of nitrogens with zero attached hydrogens (tertiary/aromatic N) is 1. The molecule has 3 N–H and O–H groups in total. The Bertz CT molecular complexity index is 598. The summed E-state index contributed by atoms with van der Waals surface area (Å²) in [4.78, 5) is 10.3. The number of nitrogens with two attached hydrogens (primary N) is 1. The molecule has 7 heteroatoms. The highest BCUT2D eigenvalue weighted by Gasteiger charge is 2.22. The maximum atomic E-state index is 10.9. The van der Waals surface area contributed by atoms with E-state index >= 15 is 0 Å². The Balaban J connectivity index is 2.55. The first-order chi connectivity index (χ1) is 9.04. The summed E-state index contributed by atoms with van der Waals surface area (Å²) in [5, 5.41) is 24.6. The second-order valence-corrected chi connectivity index (χ2v) is 4.66. The summed E-state index contributed by atoms with van der Waals surface area (Å²) in [5.41, 5.74) is 6.90. The highest BCUT2D eigenvalue weighted by molar-refractivity contribution is 7.08. The van der Waals surface area contributed by atoms with Gasteiger partial charge in [-0.3, -0.25) is 10.1 Å². The molecular formula is C12H12N2O4S. The lowest BCUT2D eigenvalue weighted by molar-refractivity contribution is -0.385. The number of methoxy groups -OCH3 is 1. The summed E-state index contributed by atoms with van der Waals surface area (Å²) < 4.78 is 4.94. The molecule has 6 nitrogen and oxygen atoms in total. The summed E-state index contributed by atoms with van der Waals surface area (Å²) in [6.45, 7) is 0. The zero-order valence-corrected chi connectivity index (χ0v) is 10.9. The van der Waals surface area contributed by atoms with Crippen molar-refractivity contribution in [2.75, 3.05) is 7.11 Å². The van der Waals surface area contributed by atoms with Crippen LogP contribution < -0.4 is 10.5 Å². The second kappa shape index (κ2) is 5.25. The highest BCUT2D eigenvalue weighted by atomic mass is 32.1. The van der Waals surface area contributed by atoms with Gasteiger partial charge in [-0.2, -0.15) is 11.3 Å². The molecule has 0 bridgehead atoms. The van der Waals surface area contributed by atoms with Crippen LogP contribution in [0.1, 0.15) is 17.2 Å². The molecule has 0 aliphatic heterocycles. The third kappa shape index (κ3) is 2.51. The minimum atomic E-state index is -0.639. The minimum Gasteiger partial charge on any atom is -0.504 e. The first kappa shape index (κ1) is 13.3. The average Bonchev–Trinajstić information content (AvgIpc) is 2.91. The van der Waals surface area contributed by atoms with E-state index in [0.29, 0.717) is 0 Å². The third-order valence-electron chi connectivity index (χ3n) is 2.76. The zero-order valence-electron chi connectivity index (χ0n) is 10.1. The predicted octanol–water partition coefficient (Wildman–Crippen LogP) is 2.42. The van der Waals surface area contributed by atoms with Gasteiger partial charge in [0.2, 0.25) is 0 Å². The van der Waals surface area contributed by atoms with Crippen LogP contribution in [0.3, 0.4) is 0 Å². The van der Waals surface area contributed by atoms with E-state index in [-0.39, 0.29) is 22.7 Å². The maximum Gasteiger partial charge on any atom is 0.273 e. The Morgan fingerprint density at radius 3 is 2.79 bits per heavy atom. The number of phenolic OH excluding ortho intramolecular Hbond substituents is 1. The van der Waals surface area contributed by atoms with Gasteiger partial charge in [0.25, 0.3) is 5.69 Å². The van der Waals surface area contributed by atoms with Crippen molar-refractivity contribution in [3.63, 3.8) is 0 Å². The summed E-state index contributed by atoms with van der Waals surface area (Å²) in [6.07, 6.45) is 0. The summed E-state index contributed by atoms with van der Waals surface area (Å²) in [5.74, 6) is -0.137. The zero-order chi connectivity index (χ0) is 14.0. The molecule has 0 unspecified atom stereocenters. The normalized spacial score (nSPS) is 12.1. The van der Waals surface area contributed by atoms with Gasteiger partial charge in [-0.1, -0.05) is 0 Å². The van der Waals surface area contributed by atoms with Crippen LogP contribution in [-0.4, -0.2) is 17.1 Å². The van der Waals surface area contributed by atoms with E-state index in [1.807, 2.05) is 10.8 Å². The van der Waals surface area contributed by atoms with Crippen molar-refractivity contribution >= 4 is 17.0 Å². The Morgan fingerprint density at radius 1 is 1.53 bits per heavy atom. The molecule has 0 amide bonds. The monoisotopic (exact) mass is 280 g/mol. The highest BCUT2D eigenvalue weighted by Crippen LogP contribution is 2.39. The van der Waals surface area contributed by atoms with Gasteiger partial charge in [-0.05, 0) is 22.4 Å². The van der Waals surface area contributed by atoms with E-state index in [1.54, 1.807) is 6.07 Å². The smallest absolute Gasteiger partial charge is 0.273 e. The molecule has 0 aliphatic rings. The molecule has 1 aromatic carbocycles. The lowest BCUT2D eigenvalue weighted by Gasteiger charge is -2.14. The maximum absolute atomic E-state index is 10.9. The number of aromatic hydroxyl groups is 1.